The average molecular weight is 307 g/mol. The molecule has 2 rings (SSSR count). The van der Waals surface area contributed by atoms with Gasteiger partial charge in [0.1, 0.15) is 0 Å². The summed E-state index contributed by atoms with van der Waals surface area (Å²) >= 11 is 0. The molecular weight excluding hydrogens is 276 g/mol. The van der Waals surface area contributed by atoms with Crippen LogP contribution in [-0.2, 0) is 8.85 Å². The van der Waals surface area contributed by atoms with Crippen molar-refractivity contribution in [1.29, 1.82) is 0 Å². The molecule has 0 aromatic carbocycles. The third-order valence-corrected chi connectivity index (χ3v) is 10.2. The van der Waals surface area contributed by atoms with E-state index in [1.165, 1.54) is 12.0 Å². The Morgan fingerprint density at radius 2 is 1.81 bits per heavy atom. The van der Waals surface area contributed by atoms with Gasteiger partial charge in [-0.05, 0) is 25.7 Å². The SMILES string of the molecule is C#CO[Si](O[C@H]1CC12CCC(=C)C2)(C(C)(C)C)C(C)(C)C. The minimum absolute atomic E-state index is 0.0724. The molecule has 0 aromatic heterocycles. The zero-order valence-electron chi connectivity index (χ0n) is 14.5. The van der Waals surface area contributed by atoms with Gasteiger partial charge in [0.2, 0.25) is 0 Å². The van der Waals surface area contributed by atoms with Crippen molar-refractivity contribution in [2.75, 3.05) is 0 Å². The van der Waals surface area contributed by atoms with Gasteiger partial charge in [0, 0.05) is 15.5 Å². The van der Waals surface area contributed by atoms with Crippen LogP contribution >= 0.6 is 0 Å². The topological polar surface area (TPSA) is 18.5 Å². The van der Waals surface area contributed by atoms with Gasteiger partial charge in [0.15, 0.2) is 0 Å². The molecule has 0 bridgehead atoms. The molecule has 0 amide bonds. The van der Waals surface area contributed by atoms with Crippen molar-refractivity contribution in [2.24, 2.45) is 5.41 Å². The Labute approximate surface area is 131 Å². The molecular formula is C18H30O2Si. The number of allylic oxidation sites excluding steroid dienone is 1. The first-order chi connectivity index (χ1) is 9.47. The van der Waals surface area contributed by atoms with Gasteiger partial charge in [-0.2, -0.15) is 0 Å². The number of terminal acetylenes is 1. The summed E-state index contributed by atoms with van der Waals surface area (Å²) in [6.45, 7) is 17.3. The highest BCUT2D eigenvalue weighted by Crippen LogP contribution is 2.64. The maximum atomic E-state index is 6.74. The summed E-state index contributed by atoms with van der Waals surface area (Å²) in [5.74, 6) is 0. The molecule has 2 nitrogen and oxygen atoms in total. The predicted octanol–water partition coefficient (Wildman–Crippen LogP) is 5.15. The molecule has 0 aliphatic heterocycles. The van der Waals surface area contributed by atoms with E-state index in [0.29, 0.717) is 11.5 Å². The smallest absolute Gasteiger partial charge is 0.420 e. The van der Waals surface area contributed by atoms with Crippen molar-refractivity contribution in [3.8, 4) is 12.5 Å². The first-order valence-corrected chi connectivity index (χ1v) is 9.77. The van der Waals surface area contributed by atoms with Crippen LogP contribution in [-0.4, -0.2) is 14.7 Å². The normalized spacial score (nSPS) is 29.6. The van der Waals surface area contributed by atoms with E-state index in [1.807, 2.05) is 0 Å². The molecule has 3 heteroatoms. The van der Waals surface area contributed by atoms with Crippen LogP contribution in [0.2, 0.25) is 10.1 Å². The van der Waals surface area contributed by atoms with Crippen molar-refractivity contribution < 1.29 is 8.85 Å². The minimum atomic E-state index is -2.58. The van der Waals surface area contributed by atoms with E-state index in [4.69, 9.17) is 15.3 Å². The second-order valence-electron chi connectivity index (χ2n) is 8.94. The Morgan fingerprint density at radius 3 is 2.19 bits per heavy atom. The molecule has 2 atom stereocenters. The molecule has 0 heterocycles. The fourth-order valence-electron chi connectivity index (χ4n) is 4.12. The van der Waals surface area contributed by atoms with Crippen molar-refractivity contribution >= 4 is 8.56 Å². The van der Waals surface area contributed by atoms with Crippen LogP contribution in [0.1, 0.15) is 67.2 Å². The lowest BCUT2D eigenvalue weighted by molar-refractivity contribution is 0.141. The molecule has 0 saturated heterocycles. The van der Waals surface area contributed by atoms with Crippen LogP contribution < -0.4 is 0 Å². The summed E-state index contributed by atoms with van der Waals surface area (Å²) in [6.07, 6.45) is 12.9. The molecule has 2 aliphatic carbocycles. The lowest BCUT2D eigenvalue weighted by Gasteiger charge is -2.47. The Balaban J connectivity index is 2.26. The number of hydrogen-bond donors (Lipinski definition) is 0. The summed E-state index contributed by atoms with van der Waals surface area (Å²) in [7, 11) is -2.58. The van der Waals surface area contributed by atoms with Gasteiger partial charge in [-0.3, -0.25) is 0 Å². The van der Waals surface area contributed by atoms with Crippen LogP contribution in [0.15, 0.2) is 12.2 Å². The summed E-state index contributed by atoms with van der Waals surface area (Å²) in [4.78, 5) is 0. The monoisotopic (exact) mass is 306 g/mol. The Kier molecular flexibility index (Phi) is 3.88. The lowest BCUT2D eigenvalue weighted by atomic mass is 10.1. The third kappa shape index (κ3) is 2.69. The maximum absolute atomic E-state index is 6.74. The first kappa shape index (κ1) is 16.6. The van der Waals surface area contributed by atoms with Gasteiger partial charge in [0.05, 0.1) is 12.2 Å². The predicted molar refractivity (Wildman–Crippen MR) is 90.0 cm³/mol. The standard InChI is InChI=1S/C18H30O2Si/c1-9-19-21(16(3,4)5,17(6,7)8)20-15-13-18(15)11-10-14(2)12-18/h1,15H,2,10-13H2,3-8H3/t15-,18?/m0/s1. The quantitative estimate of drug-likeness (QED) is 0.408. The molecule has 0 radical (unpaired) electrons. The fourth-order valence-corrected chi connectivity index (χ4v) is 8.64. The van der Waals surface area contributed by atoms with Crippen molar-refractivity contribution in [2.45, 2.75) is 83.4 Å². The van der Waals surface area contributed by atoms with Gasteiger partial charge in [0.25, 0.3) is 0 Å². The second kappa shape index (κ2) is 4.89. The van der Waals surface area contributed by atoms with Crippen molar-refractivity contribution in [3.63, 3.8) is 0 Å². The third-order valence-electron chi connectivity index (χ3n) is 5.18. The largest absolute Gasteiger partial charge is 0.472 e. The van der Waals surface area contributed by atoms with Gasteiger partial charge in [-0.25, -0.2) is 0 Å². The zero-order valence-corrected chi connectivity index (χ0v) is 15.5. The van der Waals surface area contributed by atoms with E-state index >= 15 is 0 Å². The Bertz CT molecular complexity index is 461. The van der Waals surface area contributed by atoms with E-state index in [0.717, 1.165) is 19.3 Å². The number of rotatable bonds is 3. The molecule has 1 unspecified atom stereocenters. The molecule has 2 fully saturated rings. The van der Waals surface area contributed by atoms with E-state index in [-0.39, 0.29) is 10.1 Å². The average Bonchev–Trinajstić information content (AvgIpc) is 2.80. The summed E-state index contributed by atoms with van der Waals surface area (Å²) in [5.41, 5.74) is 1.71. The molecule has 2 aliphatic rings. The van der Waals surface area contributed by atoms with Gasteiger partial charge in [-0.15, -0.1) is 0 Å². The van der Waals surface area contributed by atoms with Crippen LogP contribution in [0.4, 0.5) is 0 Å². The Hall–Kier alpha value is -0.723. The molecule has 0 aromatic rings. The minimum Gasteiger partial charge on any atom is -0.472 e. The van der Waals surface area contributed by atoms with E-state index in [1.54, 1.807) is 0 Å². The molecule has 0 N–H and O–H groups in total. The van der Waals surface area contributed by atoms with Crippen LogP contribution in [0.5, 0.6) is 0 Å². The van der Waals surface area contributed by atoms with Gasteiger partial charge >= 0.3 is 8.56 Å². The highest BCUT2D eigenvalue weighted by molar-refractivity contribution is 6.73. The molecule has 21 heavy (non-hydrogen) atoms. The summed E-state index contributed by atoms with van der Waals surface area (Å²) in [6, 6.07) is 0. The van der Waals surface area contributed by atoms with Crippen LogP contribution in [0.25, 0.3) is 0 Å². The highest BCUT2D eigenvalue weighted by atomic mass is 28.4. The fraction of sp³-hybridized carbons (Fsp3) is 0.778. The summed E-state index contributed by atoms with van der Waals surface area (Å²) < 4.78 is 12.7. The maximum Gasteiger partial charge on any atom is 0.420 e. The molecule has 118 valence electrons. The first-order valence-electron chi connectivity index (χ1n) is 7.95. The molecule has 2 saturated carbocycles. The summed E-state index contributed by atoms with van der Waals surface area (Å²) in [5, 5.41) is -0.145. The molecule has 1 spiro atoms. The van der Waals surface area contributed by atoms with Crippen molar-refractivity contribution in [1.82, 2.24) is 0 Å². The van der Waals surface area contributed by atoms with E-state index < -0.39 is 8.56 Å². The van der Waals surface area contributed by atoms with Crippen LogP contribution in [0, 0.1) is 17.9 Å². The van der Waals surface area contributed by atoms with Gasteiger partial charge < -0.3 is 8.85 Å². The van der Waals surface area contributed by atoms with Crippen molar-refractivity contribution in [3.05, 3.63) is 12.2 Å². The highest BCUT2D eigenvalue weighted by Gasteiger charge is 2.67. The van der Waals surface area contributed by atoms with Crippen LogP contribution in [0.3, 0.4) is 0 Å². The van der Waals surface area contributed by atoms with E-state index in [9.17, 15) is 0 Å². The lowest BCUT2D eigenvalue weighted by Crippen LogP contribution is -2.57. The Morgan fingerprint density at radius 1 is 1.24 bits per heavy atom. The second-order valence-corrected chi connectivity index (χ2v) is 13.6. The zero-order chi connectivity index (χ0) is 16.1. The van der Waals surface area contributed by atoms with Gasteiger partial charge in [-0.1, -0.05) is 60.1 Å². The number of hydrogen-bond acceptors (Lipinski definition) is 2. The van der Waals surface area contributed by atoms with E-state index in [2.05, 4.69) is 54.2 Å².